The van der Waals surface area contributed by atoms with Gasteiger partial charge >= 0.3 is 0 Å². The van der Waals surface area contributed by atoms with Crippen molar-refractivity contribution < 1.29 is 18.7 Å². The average molecular weight is 284 g/mol. The second kappa shape index (κ2) is 9.28. The summed E-state index contributed by atoms with van der Waals surface area (Å²) in [7, 11) is 3.39. The first kappa shape index (κ1) is 16.4. The second-order valence-corrected chi connectivity index (χ2v) is 4.28. The van der Waals surface area contributed by atoms with Crippen molar-refractivity contribution in [1.29, 1.82) is 0 Å². The molecule has 1 aromatic carbocycles. The summed E-state index contributed by atoms with van der Waals surface area (Å²) in [6.07, 6.45) is 0.731. The van der Waals surface area contributed by atoms with Crippen molar-refractivity contribution in [3.8, 4) is 5.75 Å². The standard InChI is InChI=1S/C14H21FN2O3/c1-16-9-11-4-5-13(12(15)8-11)20-10-14(18)17-6-3-7-19-2/h4-5,8,16H,3,6-7,9-10H2,1-2H3,(H,17,18). The lowest BCUT2D eigenvalue weighted by atomic mass is 10.2. The summed E-state index contributed by atoms with van der Waals surface area (Å²) in [4.78, 5) is 11.5. The molecule has 0 aliphatic rings. The van der Waals surface area contributed by atoms with E-state index in [1.807, 2.05) is 0 Å². The minimum Gasteiger partial charge on any atom is -0.481 e. The minimum atomic E-state index is -0.468. The molecule has 6 heteroatoms. The molecule has 0 unspecified atom stereocenters. The predicted molar refractivity (Wildman–Crippen MR) is 74.2 cm³/mol. The van der Waals surface area contributed by atoms with Crippen molar-refractivity contribution in [3.05, 3.63) is 29.6 Å². The number of ether oxygens (including phenoxy) is 2. The number of carbonyl (C=O) groups excluding carboxylic acids is 1. The molecular weight excluding hydrogens is 263 g/mol. The van der Waals surface area contributed by atoms with Gasteiger partial charge < -0.3 is 20.1 Å². The Bertz CT molecular complexity index is 427. The summed E-state index contributed by atoms with van der Waals surface area (Å²) in [6, 6.07) is 4.67. The van der Waals surface area contributed by atoms with Crippen molar-refractivity contribution in [1.82, 2.24) is 10.6 Å². The Morgan fingerprint density at radius 1 is 1.40 bits per heavy atom. The SMILES string of the molecule is CNCc1ccc(OCC(=O)NCCCOC)c(F)c1. The van der Waals surface area contributed by atoms with E-state index in [0.717, 1.165) is 12.0 Å². The van der Waals surface area contributed by atoms with E-state index in [9.17, 15) is 9.18 Å². The first-order valence-electron chi connectivity index (χ1n) is 6.49. The number of nitrogens with one attached hydrogen (secondary N) is 2. The van der Waals surface area contributed by atoms with Crippen molar-refractivity contribution >= 4 is 5.91 Å². The summed E-state index contributed by atoms with van der Waals surface area (Å²) in [5, 5.41) is 5.60. The Balaban J connectivity index is 2.35. The molecule has 0 aliphatic carbocycles. The monoisotopic (exact) mass is 284 g/mol. The highest BCUT2D eigenvalue weighted by Gasteiger charge is 2.07. The van der Waals surface area contributed by atoms with Gasteiger partial charge in [-0.2, -0.15) is 0 Å². The Hall–Kier alpha value is -1.66. The van der Waals surface area contributed by atoms with Crippen LogP contribution >= 0.6 is 0 Å². The summed E-state index contributed by atoms with van der Waals surface area (Å²) < 4.78 is 23.7. The third-order valence-electron chi connectivity index (χ3n) is 2.58. The number of halogens is 1. The van der Waals surface area contributed by atoms with E-state index in [0.29, 0.717) is 19.7 Å². The molecule has 1 amide bonds. The van der Waals surface area contributed by atoms with E-state index in [1.165, 1.54) is 12.1 Å². The molecule has 5 nitrogen and oxygen atoms in total. The number of hydrogen-bond donors (Lipinski definition) is 2. The van der Waals surface area contributed by atoms with E-state index in [1.54, 1.807) is 20.2 Å². The fourth-order valence-electron chi connectivity index (χ4n) is 1.61. The molecule has 0 atom stereocenters. The van der Waals surface area contributed by atoms with Crippen LogP contribution in [0.3, 0.4) is 0 Å². The lowest BCUT2D eigenvalue weighted by molar-refractivity contribution is -0.123. The molecule has 0 spiro atoms. The highest BCUT2D eigenvalue weighted by Crippen LogP contribution is 2.18. The zero-order valence-corrected chi connectivity index (χ0v) is 11.9. The fourth-order valence-corrected chi connectivity index (χ4v) is 1.61. The van der Waals surface area contributed by atoms with E-state index >= 15 is 0 Å². The second-order valence-electron chi connectivity index (χ2n) is 4.28. The first-order valence-corrected chi connectivity index (χ1v) is 6.49. The van der Waals surface area contributed by atoms with Crippen LogP contribution in [0.15, 0.2) is 18.2 Å². The summed E-state index contributed by atoms with van der Waals surface area (Å²) >= 11 is 0. The summed E-state index contributed by atoms with van der Waals surface area (Å²) in [5.74, 6) is -0.665. The van der Waals surface area contributed by atoms with Crippen LogP contribution in [-0.4, -0.2) is 39.8 Å². The van der Waals surface area contributed by atoms with Crippen LogP contribution in [0.5, 0.6) is 5.75 Å². The molecular formula is C14H21FN2O3. The van der Waals surface area contributed by atoms with Gasteiger partial charge in [-0.1, -0.05) is 6.07 Å². The highest BCUT2D eigenvalue weighted by atomic mass is 19.1. The Morgan fingerprint density at radius 2 is 2.20 bits per heavy atom. The van der Waals surface area contributed by atoms with Gasteiger partial charge in [0, 0.05) is 26.8 Å². The number of methoxy groups -OCH3 is 1. The average Bonchev–Trinajstić information content (AvgIpc) is 2.43. The maximum Gasteiger partial charge on any atom is 0.257 e. The molecule has 0 bridgehead atoms. The van der Waals surface area contributed by atoms with E-state index in [-0.39, 0.29) is 18.3 Å². The molecule has 0 heterocycles. The third-order valence-corrected chi connectivity index (χ3v) is 2.58. The number of rotatable bonds is 9. The van der Waals surface area contributed by atoms with E-state index in [2.05, 4.69) is 10.6 Å². The maximum absolute atomic E-state index is 13.7. The van der Waals surface area contributed by atoms with Crippen molar-refractivity contribution in [3.63, 3.8) is 0 Å². The van der Waals surface area contributed by atoms with Gasteiger partial charge in [0.2, 0.25) is 0 Å². The lowest BCUT2D eigenvalue weighted by Gasteiger charge is -2.09. The van der Waals surface area contributed by atoms with Crippen LogP contribution in [0.4, 0.5) is 4.39 Å². The topological polar surface area (TPSA) is 59.6 Å². The molecule has 0 aromatic heterocycles. The first-order chi connectivity index (χ1) is 9.67. The van der Waals surface area contributed by atoms with Gasteiger partial charge in [0.1, 0.15) is 0 Å². The Kier molecular flexibility index (Phi) is 7.60. The molecule has 2 N–H and O–H groups in total. The zero-order chi connectivity index (χ0) is 14.8. The fraction of sp³-hybridized carbons (Fsp3) is 0.500. The van der Waals surface area contributed by atoms with Crippen LogP contribution in [-0.2, 0) is 16.1 Å². The Morgan fingerprint density at radius 3 is 2.85 bits per heavy atom. The van der Waals surface area contributed by atoms with Crippen LogP contribution in [0, 0.1) is 5.82 Å². The summed E-state index contributed by atoms with van der Waals surface area (Å²) in [6.45, 7) is 1.48. The molecule has 1 aromatic rings. The number of carbonyl (C=O) groups is 1. The number of benzene rings is 1. The molecule has 0 saturated heterocycles. The molecule has 20 heavy (non-hydrogen) atoms. The van der Waals surface area contributed by atoms with Crippen LogP contribution in [0.2, 0.25) is 0 Å². The van der Waals surface area contributed by atoms with Gasteiger partial charge in [-0.25, -0.2) is 4.39 Å². The molecule has 0 fully saturated rings. The van der Waals surface area contributed by atoms with Gasteiger partial charge in [0.25, 0.3) is 5.91 Å². The maximum atomic E-state index is 13.7. The van der Waals surface area contributed by atoms with Crippen LogP contribution in [0.1, 0.15) is 12.0 Å². The molecule has 0 saturated carbocycles. The van der Waals surface area contributed by atoms with E-state index < -0.39 is 5.82 Å². The number of amides is 1. The summed E-state index contributed by atoms with van der Waals surface area (Å²) in [5.41, 5.74) is 0.821. The number of hydrogen-bond acceptors (Lipinski definition) is 4. The zero-order valence-electron chi connectivity index (χ0n) is 11.9. The minimum absolute atomic E-state index is 0.0805. The molecule has 112 valence electrons. The van der Waals surface area contributed by atoms with Gasteiger partial charge in [0.05, 0.1) is 0 Å². The van der Waals surface area contributed by atoms with Gasteiger partial charge in [-0.15, -0.1) is 0 Å². The smallest absolute Gasteiger partial charge is 0.257 e. The molecule has 1 rings (SSSR count). The lowest BCUT2D eigenvalue weighted by Crippen LogP contribution is -2.30. The largest absolute Gasteiger partial charge is 0.481 e. The van der Waals surface area contributed by atoms with Gasteiger partial charge in [0.15, 0.2) is 18.2 Å². The van der Waals surface area contributed by atoms with Crippen molar-refractivity contribution in [2.75, 3.05) is 33.9 Å². The molecule has 0 aliphatic heterocycles. The normalized spacial score (nSPS) is 10.3. The third kappa shape index (κ3) is 5.99. The van der Waals surface area contributed by atoms with Gasteiger partial charge in [-0.05, 0) is 31.2 Å². The van der Waals surface area contributed by atoms with Crippen LogP contribution in [0.25, 0.3) is 0 Å². The van der Waals surface area contributed by atoms with Crippen molar-refractivity contribution in [2.24, 2.45) is 0 Å². The highest BCUT2D eigenvalue weighted by molar-refractivity contribution is 5.77. The van der Waals surface area contributed by atoms with Gasteiger partial charge in [-0.3, -0.25) is 4.79 Å². The van der Waals surface area contributed by atoms with E-state index in [4.69, 9.17) is 9.47 Å². The predicted octanol–water partition coefficient (Wildman–Crippen LogP) is 1.08. The quantitative estimate of drug-likeness (QED) is 0.666. The Labute approximate surface area is 118 Å². The molecule has 0 radical (unpaired) electrons. The van der Waals surface area contributed by atoms with Crippen LogP contribution < -0.4 is 15.4 Å². The van der Waals surface area contributed by atoms with Crippen molar-refractivity contribution in [2.45, 2.75) is 13.0 Å².